The number of carbonyl (C=O) groups is 1. The van der Waals surface area contributed by atoms with Gasteiger partial charge in [0.2, 0.25) is 11.8 Å². The van der Waals surface area contributed by atoms with E-state index in [-0.39, 0.29) is 5.91 Å². The summed E-state index contributed by atoms with van der Waals surface area (Å²) in [6, 6.07) is 11.5. The minimum atomic E-state index is -0.0967. The Morgan fingerprint density at radius 2 is 2.17 bits per heavy atom. The minimum absolute atomic E-state index is 0.0967. The normalized spacial score (nSPS) is 11.1. The van der Waals surface area contributed by atoms with E-state index in [2.05, 4.69) is 11.6 Å². The highest BCUT2D eigenvalue weighted by molar-refractivity contribution is 7.09. The first-order chi connectivity index (χ1) is 11.3. The lowest BCUT2D eigenvalue weighted by Gasteiger charge is -2.18. The lowest BCUT2D eigenvalue weighted by atomic mass is 10.3. The molecule has 0 N–H and O–H groups in total. The van der Waals surface area contributed by atoms with Crippen molar-refractivity contribution in [2.24, 2.45) is 0 Å². The Kier molecular flexibility index (Phi) is 4.68. The number of hydrogen-bond acceptors (Lipinski definition) is 4. The Balaban J connectivity index is 1.73. The highest BCUT2D eigenvalue weighted by atomic mass is 32.1. The molecule has 5 heteroatoms. The number of carbonyl (C=O) groups excluding carboxylic acids is 1. The lowest BCUT2D eigenvalue weighted by Crippen LogP contribution is -2.28. The van der Waals surface area contributed by atoms with Crippen molar-refractivity contribution in [2.75, 3.05) is 6.54 Å². The van der Waals surface area contributed by atoms with E-state index in [1.54, 1.807) is 28.4 Å². The second-order valence-corrected chi connectivity index (χ2v) is 5.97. The fourth-order valence-corrected chi connectivity index (χ4v) is 2.91. The first kappa shape index (κ1) is 15.2. The van der Waals surface area contributed by atoms with Crippen LogP contribution in [0.1, 0.15) is 10.8 Å². The van der Waals surface area contributed by atoms with E-state index >= 15 is 0 Å². The van der Waals surface area contributed by atoms with Crippen LogP contribution in [0.15, 0.2) is 64.9 Å². The van der Waals surface area contributed by atoms with Gasteiger partial charge in [0.1, 0.15) is 5.52 Å². The van der Waals surface area contributed by atoms with Gasteiger partial charge in [-0.1, -0.05) is 24.3 Å². The van der Waals surface area contributed by atoms with Gasteiger partial charge in [-0.25, -0.2) is 4.98 Å². The van der Waals surface area contributed by atoms with Gasteiger partial charge < -0.3 is 9.32 Å². The molecule has 23 heavy (non-hydrogen) atoms. The van der Waals surface area contributed by atoms with Crippen LogP contribution in [0.3, 0.4) is 0 Å². The van der Waals surface area contributed by atoms with Crippen molar-refractivity contribution < 1.29 is 9.21 Å². The maximum absolute atomic E-state index is 12.4. The third-order valence-electron chi connectivity index (χ3n) is 3.27. The first-order valence-electron chi connectivity index (χ1n) is 7.22. The second kappa shape index (κ2) is 7.07. The Morgan fingerprint density at radius 3 is 2.91 bits per heavy atom. The summed E-state index contributed by atoms with van der Waals surface area (Å²) in [5.74, 6) is 0.329. The third kappa shape index (κ3) is 3.76. The summed E-state index contributed by atoms with van der Waals surface area (Å²) >= 11 is 1.63. The summed E-state index contributed by atoms with van der Waals surface area (Å²) in [7, 11) is 0. The number of fused-ring (bicyclic) bond motifs is 1. The van der Waals surface area contributed by atoms with Gasteiger partial charge in [-0.15, -0.1) is 17.9 Å². The van der Waals surface area contributed by atoms with Gasteiger partial charge in [-0.2, -0.15) is 0 Å². The number of rotatable bonds is 6. The van der Waals surface area contributed by atoms with Crippen LogP contribution in [0.4, 0.5) is 0 Å². The number of benzene rings is 1. The predicted octanol–water partition coefficient (Wildman–Crippen LogP) is 4.12. The molecule has 0 saturated heterocycles. The van der Waals surface area contributed by atoms with Gasteiger partial charge in [0.25, 0.3) is 0 Å². The number of amides is 1. The number of oxazole rings is 1. The van der Waals surface area contributed by atoms with Crippen molar-refractivity contribution in [2.45, 2.75) is 6.54 Å². The Morgan fingerprint density at radius 1 is 1.30 bits per heavy atom. The molecule has 0 spiro atoms. The molecular formula is C18H16N2O2S. The molecule has 3 aromatic rings. The van der Waals surface area contributed by atoms with Gasteiger partial charge in [0.15, 0.2) is 5.58 Å². The zero-order valence-corrected chi connectivity index (χ0v) is 13.3. The molecule has 3 rings (SSSR count). The fraction of sp³-hybridized carbons (Fsp3) is 0.111. The van der Waals surface area contributed by atoms with E-state index in [9.17, 15) is 4.79 Å². The lowest BCUT2D eigenvalue weighted by molar-refractivity contribution is -0.126. The number of aromatic nitrogens is 1. The molecule has 0 radical (unpaired) electrons. The van der Waals surface area contributed by atoms with Crippen LogP contribution in [-0.4, -0.2) is 22.3 Å². The van der Waals surface area contributed by atoms with E-state index in [4.69, 9.17) is 4.42 Å². The molecule has 0 bridgehead atoms. The number of hydrogen-bond donors (Lipinski definition) is 0. The van der Waals surface area contributed by atoms with Crippen molar-refractivity contribution in [3.05, 3.63) is 71.3 Å². The molecule has 0 saturated carbocycles. The molecule has 1 aromatic carbocycles. The Labute approximate surface area is 138 Å². The van der Waals surface area contributed by atoms with Crippen LogP contribution < -0.4 is 0 Å². The van der Waals surface area contributed by atoms with Crippen molar-refractivity contribution >= 4 is 34.4 Å². The average Bonchev–Trinajstić information content (AvgIpc) is 3.21. The molecule has 4 nitrogen and oxygen atoms in total. The van der Waals surface area contributed by atoms with Crippen LogP contribution in [0.25, 0.3) is 17.2 Å². The van der Waals surface area contributed by atoms with Gasteiger partial charge in [0.05, 0.1) is 6.54 Å². The zero-order chi connectivity index (χ0) is 16.1. The van der Waals surface area contributed by atoms with Crippen LogP contribution in [0, 0.1) is 0 Å². The quantitative estimate of drug-likeness (QED) is 0.506. The molecule has 116 valence electrons. The summed E-state index contributed by atoms with van der Waals surface area (Å²) in [4.78, 5) is 19.6. The molecule has 0 aliphatic heterocycles. The van der Waals surface area contributed by atoms with Crippen molar-refractivity contribution in [3.8, 4) is 0 Å². The number of thiophene rings is 1. The smallest absolute Gasteiger partial charge is 0.247 e. The van der Waals surface area contributed by atoms with E-state index in [1.165, 1.54) is 6.08 Å². The molecule has 0 unspecified atom stereocenters. The fourth-order valence-electron chi connectivity index (χ4n) is 2.19. The molecule has 1 amide bonds. The Hall–Kier alpha value is -2.66. The molecule has 0 fully saturated rings. The molecule has 2 heterocycles. The van der Waals surface area contributed by atoms with E-state index in [1.807, 2.05) is 41.8 Å². The van der Waals surface area contributed by atoms with Crippen LogP contribution in [-0.2, 0) is 11.3 Å². The molecule has 0 aliphatic carbocycles. The summed E-state index contributed by atoms with van der Waals surface area (Å²) < 4.78 is 5.58. The van der Waals surface area contributed by atoms with Gasteiger partial charge >= 0.3 is 0 Å². The first-order valence-corrected chi connectivity index (χ1v) is 8.10. The van der Waals surface area contributed by atoms with Crippen molar-refractivity contribution in [1.29, 1.82) is 0 Å². The third-order valence-corrected chi connectivity index (χ3v) is 4.13. The van der Waals surface area contributed by atoms with Crippen LogP contribution >= 0.6 is 11.3 Å². The maximum atomic E-state index is 12.4. The summed E-state index contributed by atoms with van der Waals surface area (Å²) in [6.07, 6.45) is 4.81. The minimum Gasteiger partial charge on any atom is -0.437 e. The number of para-hydroxylation sites is 2. The average molecular weight is 324 g/mol. The van der Waals surface area contributed by atoms with Gasteiger partial charge in [-0.3, -0.25) is 4.79 Å². The summed E-state index contributed by atoms with van der Waals surface area (Å²) in [6.45, 7) is 4.78. The topological polar surface area (TPSA) is 46.3 Å². The van der Waals surface area contributed by atoms with E-state index < -0.39 is 0 Å². The molecular weight excluding hydrogens is 308 g/mol. The highest BCUT2D eigenvalue weighted by Crippen LogP contribution is 2.16. The highest BCUT2D eigenvalue weighted by Gasteiger charge is 2.11. The molecule has 0 aliphatic rings. The zero-order valence-electron chi connectivity index (χ0n) is 12.5. The van der Waals surface area contributed by atoms with Crippen molar-refractivity contribution in [3.63, 3.8) is 0 Å². The van der Waals surface area contributed by atoms with Gasteiger partial charge in [-0.05, 0) is 23.6 Å². The monoisotopic (exact) mass is 324 g/mol. The summed E-state index contributed by atoms with van der Waals surface area (Å²) in [5, 5.41) is 2.00. The Bertz CT molecular complexity index is 801. The standard InChI is InChI=1S/C18H16N2O2S/c1-2-11-20(13-14-6-5-12-23-14)18(21)10-9-17-19-15-7-3-4-8-16(15)22-17/h2-10,12H,1,11,13H2/b10-9+. The SMILES string of the molecule is C=CCN(Cc1cccs1)C(=O)/C=C/c1nc2ccccc2o1. The van der Waals surface area contributed by atoms with Crippen molar-refractivity contribution in [1.82, 2.24) is 9.88 Å². The van der Waals surface area contributed by atoms with Crippen LogP contribution in [0.2, 0.25) is 0 Å². The largest absolute Gasteiger partial charge is 0.437 e. The van der Waals surface area contributed by atoms with E-state index in [0.717, 1.165) is 10.4 Å². The summed E-state index contributed by atoms with van der Waals surface area (Å²) in [5.41, 5.74) is 1.49. The maximum Gasteiger partial charge on any atom is 0.247 e. The molecule has 2 aromatic heterocycles. The molecule has 0 atom stereocenters. The predicted molar refractivity (Wildman–Crippen MR) is 93.0 cm³/mol. The van der Waals surface area contributed by atoms with E-state index in [0.29, 0.717) is 24.6 Å². The second-order valence-electron chi connectivity index (χ2n) is 4.94. The van der Waals surface area contributed by atoms with Gasteiger partial charge in [0, 0.05) is 23.6 Å². The van der Waals surface area contributed by atoms with Crippen LogP contribution in [0.5, 0.6) is 0 Å². The number of nitrogens with zero attached hydrogens (tertiary/aromatic N) is 2.